The third kappa shape index (κ3) is 17.9. The summed E-state index contributed by atoms with van der Waals surface area (Å²) in [6, 6.07) is 0.267. The highest BCUT2D eigenvalue weighted by molar-refractivity contribution is 6.17. The highest BCUT2D eigenvalue weighted by Crippen LogP contribution is 2.21. The van der Waals surface area contributed by atoms with Crippen LogP contribution in [0.1, 0.15) is 142 Å². The van der Waals surface area contributed by atoms with Crippen LogP contribution < -0.4 is 0 Å². The summed E-state index contributed by atoms with van der Waals surface area (Å²) in [4.78, 5) is 14.2. The second kappa shape index (κ2) is 24.2. The van der Waals surface area contributed by atoms with Crippen LogP contribution in [0, 0.1) is 0 Å². The molecule has 1 aliphatic heterocycles. The fourth-order valence-electron chi connectivity index (χ4n) is 4.91. The highest BCUT2D eigenvalue weighted by atomic mass is 35.5. The van der Waals surface area contributed by atoms with E-state index < -0.39 is 0 Å². The molecular weight excluding hydrogens is 446 g/mol. The number of nitrogens with zero attached hydrogens (tertiary/aromatic N) is 1. The van der Waals surface area contributed by atoms with E-state index in [1.165, 1.54) is 103 Å². The second-order valence-electron chi connectivity index (χ2n) is 10.2. The number of carbonyl (C=O) groups is 1. The van der Waals surface area contributed by atoms with Gasteiger partial charge in [-0.3, -0.25) is 0 Å². The van der Waals surface area contributed by atoms with Gasteiger partial charge in [-0.05, 0) is 38.5 Å². The summed E-state index contributed by atoms with van der Waals surface area (Å²) in [5.41, 5.74) is 0. The monoisotopic (exact) mass is 501 g/mol. The van der Waals surface area contributed by atoms with Gasteiger partial charge in [0.2, 0.25) is 0 Å². The molecule has 1 atom stereocenters. The van der Waals surface area contributed by atoms with E-state index in [2.05, 4.69) is 6.92 Å². The Morgan fingerprint density at radius 3 is 1.85 bits per heavy atom. The summed E-state index contributed by atoms with van der Waals surface area (Å²) < 4.78 is 11.2. The first-order valence-corrected chi connectivity index (χ1v) is 15.4. The van der Waals surface area contributed by atoms with Crippen molar-refractivity contribution in [2.75, 3.05) is 32.2 Å². The summed E-state index contributed by atoms with van der Waals surface area (Å²) in [5.74, 6) is 0.532. The molecule has 1 amide bonds. The van der Waals surface area contributed by atoms with Gasteiger partial charge in [0.15, 0.2) is 0 Å². The van der Waals surface area contributed by atoms with Gasteiger partial charge in [-0.1, -0.05) is 103 Å². The Hall–Kier alpha value is -0.480. The number of unbranched alkanes of at least 4 members (excludes halogenated alkanes) is 15. The van der Waals surface area contributed by atoms with Gasteiger partial charge < -0.3 is 14.4 Å². The zero-order chi connectivity index (χ0) is 24.5. The average molecular weight is 502 g/mol. The molecule has 1 unspecified atom stereocenters. The number of alkyl halides is 1. The van der Waals surface area contributed by atoms with Crippen molar-refractivity contribution in [2.24, 2.45) is 0 Å². The summed E-state index contributed by atoms with van der Waals surface area (Å²) in [6.45, 7) is 5.11. The van der Waals surface area contributed by atoms with Crippen LogP contribution in [0.5, 0.6) is 0 Å². The lowest BCUT2D eigenvalue weighted by Crippen LogP contribution is -2.44. The Bertz CT molecular complexity index is 449. The SMILES string of the molecule is CCCCCCCCCCCCCCCCCCOCCC1CCCCN1C(=O)OCCCCl. The minimum absolute atomic E-state index is 0.173. The van der Waals surface area contributed by atoms with E-state index in [0.29, 0.717) is 18.9 Å². The molecule has 34 heavy (non-hydrogen) atoms. The molecule has 1 heterocycles. The number of carbonyl (C=O) groups excluding carboxylic acids is 1. The van der Waals surface area contributed by atoms with Crippen molar-refractivity contribution in [3.8, 4) is 0 Å². The maximum absolute atomic E-state index is 12.3. The number of hydrogen-bond acceptors (Lipinski definition) is 3. The number of amides is 1. The van der Waals surface area contributed by atoms with Crippen molar-refractivity contribution in [3.05, 3.63) is 0 Å². The maximum atomic E-state index is 12.3. The van der Waals surface area contributed by atoms with Crippen LogP contribution in [-0.2, 0) is 9.47 Å². The average Bonchev–Trinajstić information content (AvgIpc) is 2.85. The Morgan fingerprint density at radius 1 is 0.735 bits per heavy atom. The van der Waals surface area contributed by atoms with Crippen molar-refractivity contribution in [1.29, 1.82) is 0 Å². The third-order valence-electron chi connectivity index (χ3n) is 7.10. The van der Waals surface area contributed by atoms with E-state index >= 15 is 0 Å². The van der Waals surface area contributed by atoms with E-state index in [-0.39, 0.29) is 12.1 Å². The summed E-state index contributed by atoms with van der Waals surface area (Å²) >= 11 is 5.67. The number of piperidine rings is 1. The first kappa shape index (κ1) is 31.5. The predicted octanol–water partition coefficient (Wildman–Crippen LogP) is 9.27. The van der Waals surface area contributed by atoms with Crippen LogP contribution in [0.15, 0.2) is 0 Å². The van der Waals surface area contributed by atoms with Crippen LogP contribution in [0.25, 0.3) is 0 Å². The fourth-order valence-corrected chi connectivity index (χ4v) is 5.02. The van der Waals surface area contributed by atoms with Crippen molar-refractivity contribution in [2.45, 2.75) is 148 Å². The quantitative estimate of drug-likeness (QED) is 0.103. The molecule has 0 N–H and O–H groups in total. The normalized spacial score (nSPS) is 16.2. The molecule has 0 bridgehead atoms. The topological polar surface area (TPSA) is 38.8 Å². The fraction of sp³-hybridized carbons (Fsp3) is 0.966. The van der Waals surface area contributed by atoms with E-state index in [0.717, 1.165) is 45.4 Å². The smallest absolute Gasteiger partial charge is 0.410 e. The molecule has 0 radical (unpaired) electrons. The molecule has 0 aliphatic carbocycles. The van der Waals surface area contributed by atoms with Crippen LogP contribution in [0.2, 0.25) is 0 Å². The number of hydrogen-bond donors (Lipinski definition) is 0. The second-order valence-corrected chi connectivity index (χ2v) is 10.6. The van der Waals surface area contributed by atoms with E-state index in [9.17, 15) is 4.79 Å². The minimum Gasteiger partial charge on any atom is -0.449 e. The molecule has 202 valence electrons. The van der Waals surface area contributed by atoms with Gasteiger partial charge in [-0.2, -0.15) is 0 Å². The van der Waals surface area contributed by atoms with Gasteiger partial charge in [-0.15, -0.1) is 11.6 Å². The molecule has 0 aromatic heterocycles. The lowest BCUT2D eigenvalue weighted by Gasteiger charge is -2.34. The van der Waals surface area contributed by atoms with E-state index in [1.54, 1.807) is 0 Å². The Kier molecular flexibility index (Phi) is 22.5. The number of rotatable bonds is 23. The van der Waals surface area contributed by atoms with Gasteiger partial charge >= 0.3 is 6.09 Å². The molecule has 5 heteroatoms. The van der Waals surface area contributed by atoms with Gasteiger partial charge in [0.25, 0.3) is 0 Å². The molecule has 1 aliphatic rings. The Labute approximate surface area is 216 Å². The molecule has 0 spiro atoms. The predicted molar refractivity (Wildman–Crippen MR) is 146 cm³/mol. The molecule has 0 aromatic carbocycles. The zero-order valence-electron chi connectivity index (χ0n) is 22.5. The van der Waals surface area contributed by atoms with Crippen LogP contribution >= 0.6 is 11.6 Å². The van der Waals surface area contributed by atoms with Crippen molar-refractivity contribution in [1.82, 2.24) is 4.90 Å². The van der Waals surface area contributed by atoms with Gasteiger partial charge in [0.1, 0.15) is 0 Å². The first-order chi connectivity index (χ1) is 16.8. The maximum Gasteiger partial charge on any atom is 0.410 e. The van der Waals surface area contributed by atoms with Gasteiger partial charge in [0, 0.05) is 31.7 Å². The van der Waals surface area contributed by atoms with Crippen LogP contribution in [0.3, 0.4) is 0 Å². The van der Waals surface area contributed by atoms with E-state index in [4.69, 9.17) is 21.1 Å². The number of halogens is 1. The highest BCUT2D eigenvalue weighted by Gasteiger charge is 2.27. The molecule has 1 saturated heterocycles. The van der Waals surface area contributed by atoms with Crippen LogP contribution in [-0.4, -0.2) is 49.3 Å². The van der Waals surface area contributed by atoms with E-state index in [1.807, 2.05) is 4.90 Å². The zero-order valence-corrected chi connectivity index (χ0v) is 23.3. The first-order valence-electron chi connectivity index (χ1n) is 14.9. The number of likely N-dealkylation sites (tertiary alicyclic amines) is 1. The molecular formula is C29H56ClNO3. The molecule has 0 aromatic rings. The lowest BCUT2D eigenvalue weighted by molar-refractivity contribution is 0.0546. The van der Waals surface area contributed by atoms with Crippen molar-refractivity contribution in [3.63, 3.8) is 0 Å². The standard InChI is InChI=1S/C29H56ClNO3/c1-2-3-4-5-6-7-8-9-10-11-12-13-14-15-16-19-25-33-27-22-28-21-17-18-24-31(28)29(32)34-26-20-23-30/h28H,2-27H2,1H3. The summed E-state index contributed by atoms with van der Waals surface area (Å²) in [7, 11) is 0. The minimum atomic E-state index is -0.173. The van der Waals surface area contributed by atoms with Gasteiger partial charge in [-0.25, -0.2) is 4.79 Å². The van der Waals surface area contributed by atoms with Crippen LogP contribution in [0.4, 0.5) is 4.79 Å². The Balaban J connectivity index is 1.85. The van der Waals surface area contributed by atoms with Crippen molar-refractivity contribution < 1.29 is 14.3 Å². The number of ether oxygens (including phenoxy) is 2. The molecule has 1 fully saturated rings. The molecule has 1 rings (SSSR count). The van der Waals surface area contributed by atoms with Gasteiger partial charge in [0.05, 0.1) is 6.61 Å². The summed E-state index contributed by atoms with van der Waals surface area (Å²) in [6.07, 6.45) is 27.1. The summed E-state index contributed by atoms with van der Waals surface area (Å²) in [5, 5.41) is 0. The van der Waals surface area contributed by atoms with Crippen molar-refractivity contribution >= 4 is 17.7 Å². The molecule has 0 saturated carbocycles. The third-order valence-corrected chi connectivity index (χ3v) is 7.37. The molecule has 4 nitrogen and oxygen atoms in total. The lowest BCUT2D eigenvalue weighted by atomic mass is 10.0. The largest absolute Gasteiger partial charge is 0.449 e. The Morgan fingerprint density at radius 2 is 1.29 bits per heavy atom.